The van der Waals surface area contributed by atoms with Gasteiger partial charge in [-0.05, 0) is 30.2 Å². The molecule has 17 heavy (non-hydrogen) atoms. The Labute approximate surface area is 108 Å². The summed E-state index contributed by atoms with van der Waals surface area (Å²) in [6.07, 6.45) is -0.660. The number of methoxy groups -OCH3 is 1. The van der Waals surface area contributed by atoms with Crippen molar-refractivity contribution >= 4 is 21.9 Å². The summed E-state index contributed by atoms with van der Waals surface area (Å²) in [6, 6.07) is 5.23. The fourth-order valence-electron chi connectivity index (χ4n) is 1.47. The minimum Gasteiger partial charge on any atom is -0.497 e. The third kappa shape index (κ3) is 3.71. The number of benzene rings is 1. The molecule has 0 aliphatic rings. The topological polar surface area (TPSA) is 66.8 Å². The number of rotatable bonds is 5. The van der Waals surface area contributed by atoms with Crippen LogP contribution in [0.25, 0.3) is 0 Å². The second-order valence-electron chi connectivity index (χ2n) is 3.88. The molecule has 2 unspecified atom stereocenters. The Bertz CT molecular complexity index is 405. The molecule has 0 aromatic heterocycles. The molecule has 2 atom stereocenters. The van der Waals surface area contributed by atoms with Crippen LogP contribution in [-0.2, 0) is 4.79 Å². The maximum Gasteiger partial charge on any atom is 0.306 e. The number of aliphatic carboxylic acids is 1. The average molecular weight is 303 g/mol. The largest absolute Gasteiger partial charge is 0.497 e. The molecule has 0 aliphatic carbocycles. The van der Waals surface area contributed by atoms with E-state index in [1.807, 2.05) is 0 Å². The Morgan fingerprint density at radius 3 is 2.71 bits per heavy atom. The van der Waals surface area contributed by atoms with Crippen LogP contribution >= 0.6 is 15.9 Å². The molecule has 5 heteroatoms. The Morgan fingerprint density at radius 1 is 1.53 bits per heavy atom. The van der Waals surface area contributed by atoms with Crippen LogP contribution < -0.4 is 4.74 Å². The van der Waals surface area contributed by atoms with Crippen LogP contribution in [0.15, 0.2) is 22.7 Å². The molecule has 1 aromatic carbocycles. The van der Waals surface area contributed by atoms with Crippen molar-refractivity contribution in [2.45, 2.75) is 19.4 Å². The van der Waals surface area contributed by atoms with E-state index < -0.39 is 18.0 Å². The van der Waals surface area contributed by atoms with E-state index in [1.54, 1.807) is 32.2 Å². The monoisotopic (exact) mass is 302 g/mol. The maximum atomic E-state index is 10.7. The quantitative estimate of drug-likeness (QED) is 0.877. The van der Waals surface area contributed by atoms with Crippen LogP contribution in [0.1, 0.15) is 25.0 Å². The first-order chi connectivity index (χ1) is 7.95. The van der Waals surface area contributed by atoms with E-state index in [0.717, 1.165) is 4.47 Å². The lowest BCUT2D eigenvalue weighted by Crippen LogP contribution is -2.14. The minimum absolute atomic E-state index is 0.168. The summed E-state index contributed by atoms with van der Waals surface area (Å²) in [6.45, 7) is 1.57. The van der Waals surface area contributed by atoms with Gasteiger partial charge in [0.15, 0.2) is 0 Å². The van der Waals surface area contributed by atoms with Gasteiger partial charge in [0.25, 0.3) is 0 Å². The van der Waals surface area contributed by atoms with Gasteiger partial charge in [0.05, 0.1) is 19.1 Å². The molecule has 2 N–H and O–H groups in total. The van der Waals surface area contributed by atoms with E-state index in [2.05, 4.69) is 15.9 Å². The number of carbonyl (C=O) groups is 1. The molecule has 0 aliphatic heterocycles. The molecule has 0 amide bonds. The third-order valence-corrected chi connectivity index (χ3v) is 3.28. The fourth-order valence-corrected chi connectivity index (χ4v) is 1.98. The van der Waals surface area contributed by atoms with Crippen molar-refractivity contribution in [1.29, 1.82) is 0 Å². The van der Waals surface area contributed by atoms with Crippen LogP contribution in [0.5, 0.6) is 5.75 Å². The van der Waals surface area contributed by atoms with Crippen molar-refractivity contribution in [2.75, 3.05) is 7.11 Å². The van der Waals surface area contributed by atoms with Gasteiger partial charge < -0.3 is 14.9 Å². The van der Waals surface area contributed by atoms with Gasteiger partial charge in [-0.2, -0.15) is 0 Å². The van der Waals surface area contributed by atoms with Crippen molar-refractivity contribution in [3.05, 3.63) is 28.2 Å². The minimum atomic E-state index is -0.914. The first-order valence-electron chi connectivity index (χ1n) is 5.20. The van der Waals surface area contributed by atoms with Crippen LogP contribution in [0.3, 0.4) is 0 Å². The van der Waals surface area contributed by atoms with Crippen molar-refractivity contribution in [3.63, 3.8) is 0 Å². The van der Waals surface area contributed by atoms with E-state index in [0.29, 0.717) is 11.3 Å². The predicted molar refractivity (Wildman–Crippen MR) is 67.1 cm³/mol. The van der Waals surface area contributed by atoms with Crippen molar-refractivity contribution in [2.24, 2.45) is 5.92 Å². The van der Waals surface area contributed by atoms with Gasteiger partial charge in [0.2, 0.25) is 0 Å². The van der Waals surface area contributed by atoms with Gasteiger partial charge in [-0.25, -0.2) is 0 Å². The molecule has 1 rings (SSSR count). The summed E-state index contributed by atoms with van der Waals surface area (Å²) in [5.74, 6) is -0.878. The Hall–Kier alpha value is -1.07. The normalized spacial score (nSPS) is 14.1. The predicted octanol–water partition coefficient (Wildman–Crippen LogP) is 2.60. The van der Waals surface area contributed by atoms with Gasteiger partial charge in [0, 0.05) is 4.47 Å². The third-order valence-electron chi connectivity index (χ3n) is 2.56. The molecule has 4 nitrogen and oxygen atoms in total. The summed E-state index contributed by atoms with van der Waals surface area (Å²) in [4.78, 5) is 10.7. The standard InChI is InChI=1S/C12H15BrO4/c1-7(12(15)16)5-11(14)9-6-8(17-2)3-4-10(9)13/h3-4,6-7,11,14H,5H2,1-2H3,(H,15,16). The molecular weight excluding hydrogens is 288 g/mol. The number of carboxylic acids is 1. The Morgan fingerprint density at radius 2 is 2.18 bits per heavy atom. The Kier molecular flexibility index (Phi) is 4.96. The molecule has 0 radical (unpaired) electrons. The zero-order valence-electron chi connectivity index (χ0n) is 9.68. The second kappa shape index (κ2) is 6.02. The highest BCUT2D eigenvalue weighted by Gasteiger charge is 2.19. The molecule has 0 spiro atoms. The van der Waals surface area contributed by atoms with Gasteiger partial charge in [-0.15, -0.1) is 0 Å². The molecule has 0 bridgehead atoms. The summed E-state index contributed by atoms with van der Waals surface area (Å²) in [5, 5.41) is 18.8. The molecule has 1 aromatic rings. The fraction of sp³-hybridized carbons (Fsp3) is 0.417. The van der Waals surface area contributed by atoms with Gasteiger partial charge in [-0.1, -0.05) is 22.9 Å². The van der Waals surface area contributed by atoms with Crippen LogP contribution in [0, 0.1) is 5.92 Å². The van der Waals surface area contributed by atoms with Gasteiger partial charge in [-0.3, -0.25) is 4.79 Å². The van der Waals surface area contributed by atoms with Crippen molar-refractivity contribution in [1.82, 2.24) is 0 Å². The molecule has 94 valence electrons. The Balaban J connectivity index is 2.87. The summed E-state index contributed by atoms with van der Waals surface area (Å²) in [7, 11) is 1.54. The first kappa shape index (κ1) is 14.0. The summed E-state index contributed by atoms with van der Waals surface area (Å²) < 4.78 is 5.80. The highest BCUT2D eigenvalue weighted by molar-refractivity contribution is 9.10. The lowest BCUT2D eigenvalue weighted by atomic mass is 9.98. The number of carboxylic acid groups (broad SMARTS) is 1. The average Bonchev–Trinajstić information content (AvgIpc) is 2.29. The first-order valence-corrected chi connectivity index (χ1v) is 5.99. The van der Waals surface area contributed by atoms with Gasteiger partial charge in [0.1, 0.15) is 5.75 Å². The summed E-state index contributed by atoms with van der Waals surface area (Å²) in [5.41, 5.74) is 0.637. The number of hydrogen-bond donors (Lipinski definition) is 2. The highest BCUT2D eigenvalue weighted by Crippen LogP contribution is 2.31. The summed E-state index contributed by atoms with van der Waals surface area (Å²) >= 11 is 3.32. The van der Waals surface area contributed by atoms with Crippen LogP contribution in [0.2, 0.25) is 0 Å². The van der Waals surface area contributed by atoms with Crippen LogP contribution in [-0.4, -0.2) is 23.3 Å². The van der Waals surface area contributed by atoms with E-state index in [-0.39, 0.29) is 6.42 Å². The SMILES string of the molecule is COc1ccc(Br)c(C(O)CC(C)C(=O)O)c1. The molecular formula is C12H15BrO4. The number of hydrogen-bond acceptors (Lipinski definition) is 3. The van der Waals surface area contributed by atoms with E-state index in [1.165, 1.54) is 0 Å². The van der Waals surface area contributed by atoms with E-state index in [4.69, 9.17) is 9.84 Å². The number of aliphatic hydroxyl groups is 1. The number of aliphatic hydroxyl groups excluding tert-OH is 1. The molecule has 0 saturated heterocycles. The number of ether oxygens (including phenoxy) is 1. The van der Waals surface area contributed by atoms with Crippen molar-refractivity contribution in [3.8, 4) is 5.75 Å². The molecule has 0 fully saturated rings. The smallest absolute Gasteiger partial charge is 0.306 e. The van der Waals surface area contributed by atoms with Crippen LogP contribution in [0.4, 0.5) is 0 Å². The van der Waals surface area contributed by atoms with Gasteiger partial charge >= 0.3 is 5.97 Å². The second-order valence-corrected chi connectivity index (χ2v) is 4.73. The van der Waals surface area contributed by atoms with Crippen molar-refractivity contribution < 1.29 is 19.7 Å². The lowest BCUT2D eigenvalue weighted by molar-refractivity contribution is -0.142. The zero-order chi connectivity index (χ0) is 13.0. The zero-order valence-corrected chi connectivity index (χ0v) is 11.3. The number of halogens is 1. The molecule has 0 heterocycles. The van der Waals surface area contributed by atoms with E-state index >= 15 is 0 Å². The highest BCUT2D eigenvalue weighted by atomic mass is 79.9. The van der Waals surface area contributed by atoms with E-state index in [9.17, 15) is 9.90 Å². The lowest BCUT2D eigenvalue weighted by Gasteiger charge is -2.16. The maximum absolute atomic E-state index is 10.7. The molecule has 0 saturated carbocycles.